The third-order valence-electron chi connectivity index (χ3n) is 4.16. The summed E-state index contributed by atoms with van der Waals surface area (Å²) >= 11 is 0. The molecule has 1 aliphatic rings. The van der Waals surface area contributed by atoms with Crippen molar-refractivity contribution in [1.29, 1.82) is 0 Å². The first-order valence-corrected chi connectivity index (χ1v) is 7.98. The van der Waals surface area contributed by atoms with E-state index in [4.69, 9.17) is 4.74 Å². The maximum absolute atomic E-state index is 5.88. The normalized spacial score (nSPS) is 16.6. The van der Waals surface area contributed by atoms with Crippen LogP contribution in [0.5, 0.6) is 5.75 Å². The van der Waals surface area contributed by atoms with E-state index in [2.05, 4.69) is 14.9 Å². The molecule has 0 radical (unpaired) electrons. The van der Waals surface area contributed by atoms with Crippen molar-refractivity contribution in [3.05, 3.63) is 54.1 Å². The second-order valence-electron chi connectivity index (χ2n) is 5.94. The number of aromatic nitrogens is 2. The molecule has 2 heterocycles. The molecule has 1 saturated heterocycles. The van der Waals surface area contributed by atoms with E-state index in [9.17, 15) is 0 Å². The molecule has 0 amide bonds. The van der Waals surface area contributed by atoms with Crippen LogP contribution in [0.2, 0.25) is 0 Å². The molecule has 1 fully saturated rings. The molecule has 0 bridgehead atoms. The lowest BCUT2D eigenvalue weighted by Crippen LogP contribution is -2.35. The molecule has 116 valence electrons. The van der Waals surface area contributed by atoms with Crippen LogP contribution in [-0.2, 0) is 6.54 Å². The van der Waals surface area contributed by atoms with Gasteiger partial charge in [-0.1, -0.05) is 18.2 Å². The average Bonchev–Trinajstić information content (AvgIpc) is 2.55. The molecule has 0 aliphatic carbocycles. The van der Waals surface area contributed by atoms with Crippen LogP contribution in [0.25, 0.3) is 0 Å². The Kier molecular flexibility index (Phi) is 5.01. The van der Waals surface area contributed by atoms with Crippen LogP contribution in [0.15, 0.2) is 42.6 Å². The number of para-hydroxylation sites is 1. The average molecular weight is 297 g/mol. The van der Waals surface area contributed by atoms with E-state index in [-0.39, 0.29) is 0 Å². The van der Waals surface area contributed by atoms with Crippen LogP contribution in [0.3, 0.4) is 0 Å². The highest BCUT2D eigenvalue weighted by Gasteiger charge is 2.20. The Hall–Kier alpha value is -1.94. The molecular formula is C18H23N3O. The summed E-state index contributed by atoms with van der Waals surface area (Å²) in [5.41, 5.74) is 1.12. The van der Waals surface area contributed by atoms with E-state index in [0.29, 0.717) is 5.92 Å². The van der Waals surface area contributed by atoms with E-state index in [0.717, 1.165) is 43.5 Å². The fourth-order valence-electron chi connectivity index (χ4n) is 2.86. The predicted molar refractivity (Wildman–Crippen MR) is 86.7 cm³/mol. The summed E-state index contributed by atoms with van der Waals surface area (Å²) in [6.45, 7) is 5.93. The van der Waals surface area contributed by atoms with Crippen LogP contribution >= 0.6 is 0 Å². The van der Waals surface area contributed by atoms with Gasteiger partial charge in [-0.2, -0.15) is 0 Å². The van der Waals surface area contributed by atoms with E-state index in [1.54, 1.807) is 0 Å². The smallest absolute Gasteiger partial charge is 0.125 e. The number of aryl methyl sites for hydroxylation is 1. The second-order valence-corrected chi connectivity index (χ2v) is 5.94. The molecule has 0 spiro atoms. The molecule has 0 atom stereocenters. The minimum absolute atomic E-state index is 0.656. The zero-order chi connectivity index (χ0) is 15.2. The lowest BCUT2D eigenvalue weighted by atomic mass is 9.97. The van der Waals surface area contributed by atoms with Gasteiger partial charge < -0.3 is 4.74 Å². The molecule has 1 aromatic carbocycles. The monoisotopic (exact) mass is 297 g/mol. The van der Waals surface area contributed by atoms with E-state index >= 15 is 0 Å². The molecule has 4 nitrogen and oxygen atoms in total. The van der Waals surface area contributed by atoms with Gasteiger partial charge in [-0.25, -0.2) is 9.97 Å². The minimum Gasteiger partial charge on any atom is -0.493 e. The number of nitrogens with zero attached hydrogens (tertiary/aromatic N) is 3. The highest BCUT2D eigenvalue weighted by molar-refractivity contribution is 5.20. The summed E-state index contributed by atoms with van der Waals surface area (Å²) in [6.07, 6.45) is 4.23. The van der Waals surface area contributed by atoms with Gasteiger partial charge in [-0.15, -0.1) is 0 Å². The number of rotatable bonds is 5. The van der Waals surface area contributed by atoms with Gasteiger partial charge in [0.05, 0.1) is 12.3 Å². The van der Waals surface area contributed by atoms with Crippen molar-refractivity contribution < 1.29 is 4.74 Å². The Labute approximate surface area is 132 Å². The molecule has 0 N–H and O–H groups in total. The van der Waals surface area contributed by atoms with Gasteiger partial charge in [0.15, 0.2) is 0 Å². The van der Waals surface area contributed by atoms with Crippen LogP contribution < -0.4 is 4.74 Å². The standard InChI is InChI=1S/C18H23N3O/c1-15-19-10-7-17(20-15)13-21-11-8-16(9-12-21)14-22-18-5-3-2-4-6-18/h2-7,10,16H,8-9,11-14H2,1H3. The maximum Gasteiger partial charge on any atom is 0.125 e. The van der Waals surface area contributed by atoms with E-state index < -0.39 is 0 Å². The zero-order valence-electron chi connectivity index (χ0n) is 13.1. The van der Waals surface area contributed by atoms with Crippen LogP contribution in [0.4, 0.5) is 0 Å². The largest absolute Gasteiger partial charge is 0.493 e. The van der Waals surface area contributed by atoms with Crippen molar-refractivity contribution in [2.75, 3.05) is 19.7 Å². The van der Waals surface area contributed by atoms with Crippen molar-refractivity contribution in [3.8, 4) is 5.75 Å². The van der Waals surface area contributed by atoms with Crippen LogP contribution in [0.1, 0.15) is 24.4 Å². The Morgan fingerprint density at radius 3 is 2.64 bits per heavy atom. The van der Waals surface area contributed by atoms with E-state index in [1.807, 2.05) is 49.5 Å². The molecule has 1 aromatic heterocycles. The topological polar surface area (TPSA) is 38.2 Å². The van der Waals surface area contributed by atoms with E-state index in [1.165, 1.54) is 12.8 Å². The minimum atomic E-state index is 0.656. The highest BCUT2D eigenvalue weighted by atomic mass is 16.5. The van der Waals surface area contributed by atoms with Gasteiger partial charge in [0.2, 0.25) is 0 Å². The summed E-state index contributed by atoms with van der Waals surface area (Å²) in [5, 5.41) is 0. The Morgan fingerprint density at radius 1 is 1.14 bits per heavy atom. The zero-order valence-corrected chi connectivity index (χ0v) is 13.1. The lowest BCUT2D eigenvalue weighted by Gasteiger charge is -2.31. The van der Waals surface area contributed by atoms with Gasteiger partial charge in [0.1, 0.15) is 11.6 Å². The first kappa shape index (κ1) is 15.0. The van der Waals surface area contributed by atoms with Crippen LogP contribution in [0, 0.1) is 12.8 Å². The lowest BCUT2D eigenvalue weighted by molar-refractivity contribution is 0.135. The SMILES string of the molecule is Cc1nccc(CN2CCC(COc3ccccc3)CC2)n1. The molecular weight excluding hydrogens is 274 g/mol. The molecule has 2 aromatic rings. The van der Waals surface area contributed by atoms with Crippen molar-refractivity contribution in [2.24, 2.45) is 5.92 Å². The van der Waals surface area contributed by atoms with Gasteiger partial charge in [0.25, 0.3) is 0 Å². The molecule has 0 saturated carbocycles. The number of piperidine rings is 1. The first-order valence-electron chi connectivity index (χ1n) is 7.98. The summed E-state index contributed by atoms with van der Waals surface area (Å²) in [5.74, 6) is 2.48. The molecule has 0 unspecified atom stereocenters. The van der Waals surface area contributed by atoms with Crippen molar-refractivity contribution >= 4 is 0 Å². The fraction of sp³-hybridized carbons (Fsp3) is 0.444. The van der Waals surface area contributed by atoms with Gasteiger partial charge in [-0.05, 0) is 57.0 Å². The van der Waals surface area contributed by atoms with Crippen LogP contribution in [-0.4, -0.2) is 34.6 Å². The Morgan fingerprint density at radius 2 is 1.91 bits per heavy atom. The number of hydrogen-bond donors (Lipinski definition) is 0. The fourth-order valence-corrected chi connectivity index (χ4v) is 2.86. The second kappa shape index (κ2) is 7.36. The van der Waals surface area contributed by atoms with Crippen molar-refractivity contribution in [1.82, 2.24) is 14.9 Å². The molecule has 4 heteroatoms. The highest BCUT2D eigenvalue weighted by Crippen LogP contribution is 2.20. The number of hydrogen-bond acceptors (Lipinski definition) is 4. The molecule has 3 rings (SSSR count). The third-order valence-corrected chi connectivity index (χ3v) is 4.16. The van der Waals surface area contributed by atoms with Gasteiger partial charge in [-0.3, -0.25) is 4.90 Å². The van der Waals surface area contributed by atoms with Gasteiger partial charge in [0, 0.05) is 12.7 Å². The maximum atomic E-state index is 5.88. The third kappa shape index (κ3) is 4.28. The number of ether oxygens (including phenoxy) is 1. The summed E-state index contributed by atoms with van der Waals surface area (Å²) in [6, 6.07) is 12.1. The molecule has 22 heavy (non-hydrogen) atoms. The number of benzene rings is 1. The Balaban J connectivity index is 1.42. The van der Waals surface area contributed by atoms with Crippen molar-refractivity contribution in [3.63, 3.8) is 0 Å². The van der Waals surface area contributed by atoms with Crippen molar-refractivity contribution in [2.45, 2.75) is 26.3 Å². The first-order chi connectivity index (χ1) is 10.8. The van der Waals surface area contributed by atoms with Gasteiger partial charge >= 0.3 is 0 Å². The predicted octanol–water partition coefficient (Wildman–Crippen LogP) is 3.08. The summed E-state index contributed by atoms with van der Waals surface area (Å²) in [7, 11) is 0. The number of likely N-dealkylation sites (tertiary alicyclic amines) is 1. The quantitative estimate of drug-likeness (QED) is 0.850. The molecule has 1 aliphatic heterocycles. The Bertz CT molecular complexity index is 580. The summed E-state index contributed by atoms with van der Waals surface area (Å²) < 4.78 is 5.88. The summed E-state index contributed by atoms with van der Waals surface area (Å²) in [4.78, 5) is 11.1.